The van der Waals surface area contributed by atoms with E-state index < -0.39 is 76.6 Å². The minimum Gasteiger partial charge on any atom is -0.416 e. The lowest BCUT2D eigenvalue weighted by atomic mass is 10.4. The van der Waals surface area contributed by atoms with Crippen LogP contribution in [0, 0.1) is 0 Å². The van der Waals surface area contributed by atoms with Gasteiger partial charge in [-0.3, -0.25) is 0 Å². The minimum atomic E-state index is -2.73. The first-order valence-electron chi connectivity index (χ1n) is 17.0. The first-order valence-corrected chi connectivity index (χ1v) is 41.4. The van der Waals surface area contributed by atoms with Crippen LogP contribution in [-0.2, 0) is 32.9 Å². The summed E-state index contributed by atoms with van der Waals surface area (Å²) >= 11 is 0. The average Bonchev–Trinajstić information content (AvgIpc) is 2.84. The fourth-order valence-corrected chi connectivity index (χ4v) is 60.1. The van der Waals surface area contributed by atoms with Gasteiger partial charge in [-0.25, -0.2) is 0 Å². The van der Waals surface area contributed by atoms with E-state index in [1.165, 1.54) is 10.4 Å². The van der Waals surface area contributed by atoms with Crippen molar-refractivity contribution in [3.63, 3.8) is 0 Å². The van der Waals surface area contributed by atoms with Gasteiger partial charge in [-0.05, 0) is 116 Å². The molecule has 4 rings (SSSR count). The molecule has 264 valence electrons. The highest BCUT2D eigenvalue weighted by Gasteiger charge is 2.56. The Balaban J connectivity index is 1.76. The van der Waals surface area contributed by atoms with Crippen LogP contribution in [0.25, 0.3) is 0 Å². The Kier molecular flexibility index (Phi) is 11.8. The van der Waals surface area contributed by atoms with Crippen molar-refractivity contribution < 1.29 is 32.9 Å². The maximum atomic E-state index is 7.11. The van der Waals surface area contributed by atoms with Gasteiger partial charge in [0.05, 0.1) is 0 Å². The highest BCUT2D eigenvalue weighted by Crippen LogP contribution is 2.38. The monoisotopic (exact) mass is 800 g/mol. The Morgan fingerprint density at radius 2 is 0.596 bits per heavy atom. The molecule has 0 unspecified atom stereocenters. The third-order valence-corrected chi connectivity index (χ3v) is 47.4. The third-order valence-electron chi connectivity index (χ3n) is 8.48. The lowest BCUT2D eigenvalue weighted by Crippen LogP contribution is -2.67. The van der Waals surface area contributed by atoms with Crippen molar-refractivity contribution in [3.8, 4) is 0 Å². The van der Waals surface area contributed by atoms with Crippen LogP contribution in [0.4, 0.5) is 0 Å². The van der Waals surface area contributed by atoms with Crippen molar-refractivity contribution in [1.29, 1.82) is 0 Å². The fourth-order valence-electron chi connectivity index (χ4n) is 8.08. The summed E-state index contributed by atoms with van der Waals surface area (Å²) in [4.78, 5) is 0. The summed E-state index contributed by atoms with van der Waals surface area (Å²) < 4.78 is 55.3. The van der Waals surface area contributed by atoms with Crippen molar-refractivity contribution in [2.24, 2.45) is 0 Å². The molecule has 2 aromatic rings. The van der Waals surface area contributed by atoms with Gasteiger partial charge >= 0.3 is 68.5 Å². The van der Waals surface area contributed by atoms with Crippen LogP contribution >= 0.6 is 0 Å². The number of benzene rings is 2. The molecular weight excluding hydrogens is 741 g/mol. The van der Waals surface area contributed by atoms with Gasteiger partial charge in [-0.2, -0.15) is 0 Å². The largest absolute Gasteiger partial charge is 0.416 e. The van der Waals surface area contributed by atoms with Crippen LogP contribution in [0.1, 0.15) is 0 Å². The quantitative estimate of drug-likeness (QED) is 0.251. The Morgan fingerprint density at radius 3 is 0.851 bits per heavy atom. The van der Waals surface area contributed by atoms with Crippen LogP contribution in [0.15, 0.2) is 60.7 Å². The second-order valence-corrected chi connectivity index (χ2v) is 49.5. The average molecular weight is 802 g/mol. The van der Waals surface area contributed by atoms with Crippen LogP contribution in [-0.4, -0.2) is 76.6 Å². The standard InChI is InChI=1S/C30H60O8Si9/c1-39(2)31-41(5,6)35-45(13,36-42(7,8)32-39)25-27-47(29-21-17-15-18-22-29,30-23-19-16-20-24-30)28-26-46(14)37-43(9,10)33-40(3,4)34-44(11,12)38-46/h15-24H,25-28H2,1-14H3. The van der Waals surface area contributed by atoms with E-state index in [0.29, 0.717) is 0 Å². The molecular formula is C30H60O8Si9. The Morgan fingerprint density at radius 1 is 0.362 bits per heavy atom. The van der Waals surface area contributed by atoms with E-state index in [9.17, 15) is 0 Å². The van der Waals surface area contributed by atoms with E-state index in [2.05, 4.69) is 152 Å². The molecule has 0 saturated carbocycles. The highest BCUT2D eigenvalue weighted by molar-refractivity contribution is 7.04. The van der Waals surface area contributed by atoms with Crippen molar-refractivity contribution in [2.45, 2.75) is 116 Å². The number of rotatable bonds is 8. The molecule has 0 spiro atoms. The van der Waals surface area contributed by atoms with Gasteiger partial charge in [0.2, 0.25) is 0 Å². The topological polar surface area (TPSA) is 73.8 Å². The summed E-state index contributed by atoms with van der Waals surface area (Å²) in [5.41, 5.74) is 0. The summed E-state index contributed by atoms with van der Waals surface area (Å²) in [5, 5.41) is 2.84. The van der Waals surface area contributed by atoms with Gasteiger partial charge in [0.25, 0.3) is 0 Å². The fraction of sp³-hybridized carbons (Fsp3) is 0.600. The molecule has 2 aliphatic heterocycles. The van der Waals surface area contributed by atoms with E-state index in [-0.39, 0.29) is 0 Å². The molecule has 2 fully saturated rings. The predicted molar refractivity (Wildman–Crippen MR) is 214 cm³/mol. The predicted octanol–water partition coefficient (Wildman–Crippen LogP) is 7.76. The van der Waals surface area contributed by atoms with Crippen LogP contribution in [0.3, 0.4) is 0 Å². The zero-order chi connectivity index (χ0) is 35.2. The van der Waals surface area contributed by atoms with Crippen LogP contribution in [0.5, 0.6) is 0 Å². The molecule has 0 N–H and O–H groups in total. The lowest BCUT2D eigenvalue weighted by Gasteiger charge is -2.49. The van der Waals surface area contributed by atoms with E-state index in [4.69, 9.17) is 32.9 Å². The Hall–Kier alpha value is 0.0719. The summed E-state index contributed by atoms with van der Waals surface area (Å²) in [6, 6.07) is 26.0. The molecule has 17 heteroatoms. The van der Waals surface area contributed by atoms with Gasteiger partial charge < -0.3 is 32.9 Å². The van der Waals surface area contributed by atoms with Gasteiger partial charge in [-0.1, -0.05) is 71.0 Å². The van der Waals surface area contributed by atoms with Crippen molar-refractivity contribution in [1.82, 2.24) is 0 Å². The molecule has 2 saturated heterocycles. The van der Waals surface area contributed by atoms with Gasteiger partial charge in [-0.15, -0.1) is 0 Å². The van der Waals surface area contributed by atoms with Gasteiger partial charge in [0.1, 0.15) is 8.07 Å². The van der Waals surface area contributed by atoms with Crippen LogP contribution < -0.4 is 10.4 Å². The maximum absolute atomic E-state index is 7.11. The van der Waals surface area contributed by atoms with Gasteiger partial charge in [0.15, 0.2) is 0 Å². The molecule has 2 aliphatic rings. The summed E-state index contributed by atoms with van der Waals surface area (Å²) in [7, 11) is -22.7. The first-order chi connectivity index (χ1) is 21.3. The van der Waals surface area contributed by atoms with Gasteiger partial charge in [0, 0.05) is 0 Å². The van der Waals surface area contributed by atoms with Crippen molar-refractivity contribution >= 4 is 86.9 Å². The zero-order valence-electron chi connectivity index (χ0n) is 31.4. The first kappa shape index (κ1) is 39.9. The smallest absolute Gasteiger partial charge is 0.317 e. The molecule has 47 heavy (non-hydrogen) atoms. The van der Waals surface area contributed by atoms with Crippen LogP contribution in [0.2, 0.25) is 116 Å². The molecule has 2 aromatic carbocycles. The third kappa shape index (κ3) is 11.0. The number of hydrogen-bond donors (Lipinski definition) is 0. The minimum absolute atomic E-state index is 0.858. The summed E-state index contributed by atoms with van der Waals surface area (Å²) in [6.45, 7) is 30.2. The maximum Gasteiger partial charge on any atom is 0.317 e. The Labute approximate surface area is 294 Å². The molecule has 2 heterocycles. The normalized spacial score (nSPS) is 25.8. The molecule has 0 atom stereocenters. The summed E-state index contributed by atoms with van der Waals surface area (Å²) in [6.07, 6.45) is 0. The van der Waals surface area contributed by atoms with Crippen molar-refractivity contribution in [2.75, 3.05) is 0 Å². The van der Waals surface area contributed by atoms with E-state index >= 15 is 0 Å². The number of hydrogen-bond acceptors (Lipinski definition) is 8. The second-order valence-electron chi connectivity index (χ2n) is 16.3. The molecule has 8 nitrogen and oxygen atoms in total. The lowest BCUT2D eigenvalue weighted by molar-refractivity contribution is 0.233. The SMILES string of the molecule is C[Si]1(C)O[Si](C)(C)O[Si](C)(CC[Si](CC[Si]2(C)O[Si](C)(C)O[Si](C)(C)O[Si](C)(C)O2)(c2ccccc2)c2ccccc2)O[Si](C)(C)O1. The molecule has 0 radical (unpaired) electrons. The molecule has 0 amide bonds. The molecule has 0 aliphatic carbocycles. The van der Waals surface area contributed by atoms with E-state index in [1.54, 1.807) is 0 Å². The van der Waals surface area contributed by atoms with E-state index in [1.807, 2.05) is 0 Å². The second kappa shape index (κ2) is 13.9. The van der Waals surface area contributed by atoms with E-state index in [0.717, 1.165) is 24.2 Å². The Bertz CT molecular complexity index is 1210. The van der Waals surface area contributed by atoms with Crippen molar-refractivity contribution in [3.05, 3.63) is 60.7 Å². The zero-order valence-corrected chi connectivity index (χ0v) is 40.4. The molecule has 0 aromatic heterocycles. The summed E-state index contributed by atoms with van der Waals surface area (Å²) in [5.74, 6) is 0. The molecule has 0 bridgehead atoms. The highest BCUT2D eigenvalue weighted by atomic mass is 28.5.